The van der Waals surface area contributed by atoms with Gasteiger partial charge in [0.25, 0.3) is 0 Å². The normalized spacial score (nSPS) is 10.9. The molecular weight excluding hydrogens is 307 g/mol. The van der Waals surface area contributed by atoms with Gasteiger partial charge in [0.05, 0.1) is 18.8 Å². The highest BCUT2D eigenvalue weighted by Gasteiger charge is 2.12. The maximum Gasteiger partial charge on any atom is 0.141 e. The third-order valence-corrected chi connectivity index (χ3v) is 3.92. The summed E-state index contributed by atoms with van der Waals surface area (Å²) in [5.41, 5.74) is 3.40. The number of H-pyrrole nitrogens is 1. The summed E-state index contributed by atoms with van der Waals surface area (Å²) in [4.78, 5) is 11.7. The van der Waals surface area contributed by atoms with Crippen molar-refractivity contribution < 1.29 is 9.13 Å². The quantitative estimate of drug-likeness (QED) is 0.610. The van der Waals surface area contributed by atoms with Gasteiger partial charge in [0.1, 0.15) is 29.0 Å². The van der Waals surface area contributed by atoms with Gasteiger partial charge in [-0.05, 0) is 24.3 Å². The predicted molar refractivity (Wildman–Crippen MR) is 88.1 cm³/mol. The zero-order valence-corrected chi connectivity index (χ0v) is 12.7. The first-order valence-electron chi connectivity index (χ1n) is 7.21. The lowest BCUT2D eigenvalue weighted by molar-refractivity contribution is 0.413. The lowest BCUT2D eigenvalue weighted by Gasteiger charge is -2.08. The number of ether oxygens (including phenoxy) is 1. The number of hydrogen-bond acceptors (Lipinski definition) is 4. The van der Waals surface area contributed by atoms with Crippen LogP contribution in [-0.4, -0.2) is 22.1 Å². The topological polar surface area (TPSA) is 74.6 Å². The van der Waals surface area contributed by atoms with Crippen LogP contribution < -0.4 is 4.74 Å². The Morgan fingerprint density at radius 3 is 2.79 bits per heavy atom. The van der Waals surface area contributed by atoms with Gasteiger partial charge >= 0.3 is 0 Å². The minimum absolute atomic E-state index is 0.341. The molecule has 0 spiro atoms. The van der Waals surface area contributed by atoms with E-state index in [9.17, 15) is 4.39 Å². The van der Waals surface area contributed by atoms with E-state index >= 15 is 0 Å². The molecule has 0 fully saturated rings. The smallest absolute Gasteiger partial charge is 0.141 e. The van der Waals surface area contributed by atoms with Crippen molar-refractivity contribution in [1.29, 1.82) is 5.26 Å². The van der Waals surface area contributed by atoms with Crippen molar-refractivity contribution >= 4 is 21.9 Å². The first-order valence-corrected chi connectivity index (χ1v) is 7.21. The molecule has 0 aliphatic rings. The Balaban J connectivity index is 1.98. The van der Waals surface area contributed by atoms with E-state index in [1.54, 1.807) is 24.5 Å². The summed E-state index contributed by atoms with van der Waals surface area (Å²) >= 11 is 0. The number of halogens is 1. The molecule has 0 unspecified atom stereocenters. The number of nitrogens with zero attached hydrogens (tertiary/aromatic N) is 3. The minimum atomic E-state index is -0.360. The molecule has 3 heterocycles. The average Bonchev–Trinajstić information content (AvgIpc) is 2.98. The molecule has 0 saturated carbocycles. The summed E-state index contributed by atoms with van der Waals surface area (Å²) < 4.78 is 18.7. The largest absolute Gasteiger partial charge is 0.496 e. The first-order chi connectivity index (χ1) is 11.7. The van der Waals surface area contributed by atoms with Gasteiger partial charge < -0.3 is 9.72 Å². The van der Waals surface area contributed by atoms with Crippen molar-refractivity contribution in [2.75, 3.05) is 7.11 Å². The monoisotopic (exact) mass is 318 g/mol. The number of rotatable bonds is 2. The molecule has 24 heavy (non-hydrogen) atoms. The molecule has 0 atom stereocenters. The summed E-state index contributed by atoms with van der Waals surface area (Å²) in [7, 11) is 1.50. The number of aromatic amines is 1. The average molecular weight is 318 g/mol. The van der Waals surface area contributed by atoms with Gasteiger partial charge in [-0.1, -0.05) is 0 Å². The van der Waals surface area contributed by atoms with Crippen molar-refractivity contribution in [1.82, 2.24) is 15.0 Å². The molecule has 5 nitrogen and oxygen atoms in total. The summed E-state index contributed by atoms with van der Waals surface area (Å²) in [6, 6.07) is 10.1. The van der Waals surface area contributed by atoms with E-state index in [1.165, 1.54) is 19.2 Å². The Labute approximate surface area is 136 Å². The summed E-state index contributed by atoms with van der Waals surface area (Å²) in [5, 5.41) is 10.8. The second-order valence-electron chi connectivity index (χ2n) is 5.32. The Bertz CT molecular complexity index is 1130. The van der Waals surface area contributed by atoms with Crippen molar-refractivity contribution in [2.45, 2.75) is 0 Å². The highest BCUT2D eigenvalue weighted by molar-refractivity contribution is 6.07. The molecule has 0 aliphatic carbocycles. The van der Waals surface area contributed by atoms with Crippen molar-refractivity contribution in [3.05, 3.63) is 54.2 Å². The van der Waals surface area contributed by atoms with E-state index in [0.29, 0.717) is 17.1 Å². The number of pyridine rings is 2. The molecule has 1 aromatic carbocycles. The second kappa shape index (κ2) is 5.32. The molecule has 1 N–H and O–H groups in total. The number of nitrogens with one attached hydrogen (secondary N) is 1. The van der Waals surface area contributed by atoms with Crippen LogP contribution in [0.4, 0.5) is 4.39 Å². The minimum Gasteiger partial charge on any atom is -0.496 e. The Morgan fingerprint density at radius 1 is 1.12 bits per heavy atom. The van der Waals surface area contributed by atoms with E-state index in [0.717, 1.165) is 27.4 Å². The third kappa shape index (κ3) is 2.15. The fourth-order valence-corrected chi connectivity index (χ4v) is 2.79. The Kier molecular flexibility index (Phi) is 3.14. The number of nitriles is 1. The molecule has 0 saturated heterocycles. The lowest BCUT2D eigenvalue weighted by Crippen LogP contribution is -1.90. The number of hydrogen-bond donors (Lipinski definition) is 1. The number of benzene rings is 1. The zero-order valence-electron chi connectivity index (χ0n) is 12.7. The molecule has 4 aromatic rings. The van der Waals surface area contributed by atoms with Crippen LogP contribution >= 0.6 is 0 Å². The Hall–Kier alpha value is -3.46. The van der Waals surface area contributed by atoms with Crippen LogP contribution in [0.25, 0.3) is 33.1 Å². The molecule has 3 aromatic heterocycles. The van der Waals surface area contributed by atoms with Crippen LogP contribution in [-0.2, 0) is 0 Å². The zero-order chi connectivity index (χ0) is 16.7. The van der Waals surface area contributed by atoms with Gasteiger partial charge in [0, 0.05) is 34.2 Å². The number of fused-ring (bicyclic) bond motifs is 3. The fraction of sp³-hybridized carbons (Fsp3) is 0.0556. The SMILES string of the molecule is COc1cc(F)ccc1-c1cnc2[nH]c3cnc(C#N)cc3c2c1. The van der Waals surface area contributed by atoms with Crippen LogP contribution in [0.15, 0.2) is 42.7 Å². The number of methoxy groups -OCH3 is 1. The number of aromatic nitrogens is 3. The molecule has 6 heteroatoms. The maximum atomic E-state index is 13.4. The molecule has 116 valence electrons. The van der Waals surface area contributed by atoms with Crippen LogP contribution in [0.2, 0.25) is 0 Å². The van der Waals surface area contributed by atoms with E-state index in [4.69, 9.17) is 10.00 Å². The van der Waals surface area contributed by atoms with Gasteiger partial charge in [0.15, 0.2) is 0 Å². The van der Waals surface area contributed by atoms with Crippen molar-refractivity contribution in [3.8, 4) is 22.9 Å². The first kappa shape index (κ1) is 14.2. The highest BCUT2D eigenvalue weighted by Crippen LogP contribution is 2.33. The van der Waals surface area contributed by atoms with Gasteiger partial charge in [0.2, 0.25) is 0 Å². The summed E-state index contributed by atoms with van der Waals surface area (Å²) in [5.74, 6) is 0.0804. The van der Waals surface area contributed by atoms with Gasteiger partial charge in [-0.3, -0.25) is 0 Å². The second-order valence-corrected chi connectivity index (χ2v) is 5.32. The van der Waals surface area contributed by atoms with Crippen LogP contribution in [0.5, 0.6) is 5.75 Å². The van der Waals surface area contributed by atoms with E-state index in [-0.39, 0.29) is 5.82 Å². The van der Waals surface area contributed by atoms with Crippen molar-refractivity contribution in [2.24, 2.45) is 0 Å². The maximum absolute atomic E-state index is 13.4. The summed E-state index contributed by atoms with van der Waals surface area (Å²) in [6.45, 7) is 0. The molecule has 0 bridgehead atoms. The molecule has 0 aliphatic heterocycles. The molecular formula is C18H11FN4O. The van der Waals surface area contributed by atoms with Gasteiger partial charge in [-0.25, -0.2) is 14.4 Å². The predicted octanol–water partition coefficient (Wildman–Crippen LogP) is 3.80. The van der Waals surface area contributed by atoms with Crippen LogP contribution in [0, 0.1) is 17.1 Å². The highest BCUT2D eigenvalue weighted by atomic mass is 19.1. The lowest BCUT2D eigenvalue weighted by atomic mass is 10.0. The molecule has 0 amide bonds. The van der Waals surface area contributed by atoms with Crippen LogP contribution in [0.3, 0.4) is 0 Å². The van der Waals surface area contributed by atoms with E-state index in [2.05, 4.69) is 15.0 Å². The van der Waals surface area contributed by atoms with Crippen molar-refractivity contribution in [3.63, 3.8) is 0 Å². The fourth-order valence-electron chi connectivity index (χ4n) is 2.79. The van der Waals surface area contributed by atoms with Crippen LogP contribution in [0.1, 0.15) is 5.69 Å². The molecule has 0 radical (unpaired) electrons. The Morgan fingerprint density at radius 2 is 2.00 bits per heavy atom. The van der Waals surface area contributed by atoms with Gasteiger partial charge in [-0.2, -0.15) is 5.26 Å². The van der Waals surface area contributed by atoms with E-state index < -0.39 is 0 Å². The third-order valence-electron chi connectivity index (χ3n) is 3.92. The molecule has 4 rings (SSSR count). The van der Waals surface area contributed by atoms with Gasteiger partial charge in [-0.15, -0.1) is 0 Å². The summed E-state index contributed by atoms with van der Waals surface area (Å²) in [6.07, 6.45) is 3.32. The van der Waals surface area contributed by atoms with E-state index in [1.807, 2.05) is 12.1 Å². The standard InChI is InChI=1S/C18H11FN4O/c1-24-17-5-11(19)2-3-13(17)10-4-15-14-6-12(7-20)21-9-16(14)23-18(15)22-8-10/h2-6,8-9H,1H3,(H,22,23).